The maximum absolute atomic E-state index is 17.2. The molecule has 12 nitrogen and oxygen atoms in total. The van der Waals surface area contributed by atoms with E-state index < -0.39 is 11.4 Å². The molecule has 5 fully saturated rings. The van der Waals surface area contributed by atoms with Crippen molar-refractivity contribution in [3.8, 4) is 23.1 Å². The number of anilines is 1. The average molecular weight is 716 g/mol. The number of aromatic nitrogens is 5. The fraction of sp³-hybridized carbons (Fsp3) is 0.641. The highest BCUT2D eigenvalue weighted by atomic mass is 19.1. The predicted octanol–water partition coefficient (Wildman–Crippen LogP) is 5.58. The van der Waals surface area contributed by atoms with E-state index in [0.717, 1.165) is 55.5 Å². The van der Waals surface area contributed by atoms with E-state index in [0.29, 0.717) is 54.0 Å². The van der Waals surface area contributed by atoms with Crippen molar-refractivity contribution in [3.05, 3.63) is 29.7 Å². The molecule has 0 radical (unpaired) electrons. The summed E-state index contributed by atoms with van der Waals surface area (Å²) >= 11 is 0. The van der Waals surface area contributed by atoms with Gasteiger partial charge in [0.05, 0.1) is 45.2 Å². The number of nitrogens with one attached hydrogen (secondary N) is 1. The number of pyridine rings is 1. The molecule has 5 aliphatic rings. The van der Waals surface area contributed by atoms with Crippen LogP contribution in [0.25, 0.3) is 33.1 Å². The van der Waals surface area contributed by atoms with Crippen molar-refractivity contribution in [2.45, 2.75) is 89.3 Å². The summed E-state index contributed by atoms with van der Waals surface area (Å²) in [4.78, 5) is 19.3. The normalized spacial score (nSPS) is 28.2. The van der Waals surface area contributed by atoms with Gasteiger partial charge >= 0.3 is 6.01 Å². The first-order valence-corrected chi connectivity index (χ1v) is 19.1. The van der Waals surface area contributed by atoms with E-state index in [2.05, 4.69) is 15.1 Å². The van der Waals surface area contributed by atoms with Crippen LogP contribution in [0.4, 0.5) is 10.2 Å². The van der Waals surface area contributed by atoms with Gasteiger partial charge in [0.1, 0.15) is 28.0 Å². The third-order valence-corrected chi connectivity index (χ3v) is 12.9. The van der Waals surface area contributed by atoms with Crippen LogP contribution in [-0.4, -0.2) is 113 Å². The first-order chi connectivity index (χ1) is 25.2. The fourth-order valence-corrected chi connectivity index (χ4v) is 10.3. The second-order valence-electron chi connectivity index (χ2n) is 16.5. The van der Waals surface area contributed by atoms with Gasteiger partial charge in [-0.25, -0.2) is 9.37 Å². The van der Waals surface area contributed by atoms with Crippen LogP contribution >= 0.6 is 0 Å². The molecule has 0 unspecified atom stereocenters. The van der Waals surface area contributed by atoms with Crippen molar-refractivity contribution in [3.63, 3.8) is 0 Å². The number of benzene rings is 1. The molecule has 2 N–H and O–H groups in total. The number of hydrogen-bond donors (Lipinski definition) is 2. The molecule has 278 valence electrons. The number of nitrogens with zero attached hydrogens (tertiary/aromatic N) is 6. The number of fused-ring (bicyclic) bond motifs is 3. The van der Waals surface area contributed by atoms with E-state index in [1.807, 2.05) is 24.0 Å². The monoisotopic (exact) mass is 715 g/mol. The van der Waals surface area contributed by atoms with Crippen molar-refractivity contribution in [1.82, 2.24) is 30.0 Å². The number of piperidine rings is 1. The average Bonchev–Trinajstić information content (AvgIpc) is 3.75. The van der Waals surface area contributed by atoms with Gasteiger partial charge in [0.2, 0.25) is 5.88 Å². The summed E-state index contributed by atoms with van der Waals surface area (Å²) in [6.07, 6.45) is 12.3. The summed E-state index contributed by atoms with van der Waals surface area (Å²) in [5, 5.41) is 19.5. The second-order valence-corrected chi connectivity index (χ2v) is 16.5. The number of aromatic amines is 1. The van der Waals surface area contributed by atoms with Crippen molar-refractivity contribution in [2.75, 3.05) is 64.7 Å². The summed E-state index contributed by atoms with van der Waals surface area (Å²) < 4.78 is 41.2. The van der Waals surface area contributed by atoms with Gasteiger partial charge in [0, 0.05) is 48.2 Å². The molecule has 3 atom stereocenters. The van der Waals surface area contributed by atoms with Crippen LogP contribution in [0.15, 0.2) is 18.3 Å². The predicted molar refractivity (Wildman–Crippen MR) is 194 cm³/mol. The minimum Gasteiger partial charge on any atom is -0.480 e. The van der Waals surface area contributed by atoms with Crippen molar-refractivity contribution < 1.29 is 28.4 Å². The topological polar surface area (TPSA) is 131 Å². The summed E-state index contributed by atoms with van der Waals surface area (Å²) in [5.41, 5.74) is 1.72. The Bertz CT molecular complexity index is 1970. The standard InChI is InChI=1S/C39H50FN7O5/c1-24-7-8-27-26(20-41-45-27)29(24)32-31(40)33-30(35(42-32)49-3)34(46-14-17-51-22-37(2,48)21-46)44-36(43-33)52-23-39-9-4-6-28(39)47(13-5-10-39)25-18-38(19-25)11-15-50-16-12-38/h7-8,20,25,28,48H,4-6,9-19,21-23H2,1-3H3,(H,41,45)/t28-,37+,39-/m1/s1. The molecule has 0 bridgehead atoms. The number of likely N-dealkylation sites (tertiary alicyclic amines) is 1. The van der Waals surface area contributed by atoms with E-state index in [-0.39, 0.29) is 41.7 Å². The molecular formula is C39H50FN7O5. The zero-order valence-electron chi connectivity index (χ0n) is 30.5. The number of H-pyrrole nitrogens is 1. The molecule has 4 aromatic rings. The molecule has 1 aromatic carbocycles. The van der Waals surface area contributed by atoms with Crippen LogP contribution in [0.1, 0.15) is 70.3 Å². The van der Waals surface area contributed by atoms with Gasteiger partial charge in [-0.2, -0.15) is 15.1 Å². The third kappa shape index (κ3) is 5.79. The van der Waals surface area contributed by atoms with Gasteiger partial charge < -0.3 is 29.0 Å². The highest BCUT2D eigenvalue weighted by Gasteiger charge is 2.55. The minimum absolute atomic E-state index is 0.0110. The lowest BCUT2D eigenvalue weighted by atomic mass is 9.60. The van der Waals surface area contributed by atoms with E-state index in [9.17, 15) is 5.11 Å². The molecule has 0 amide bonds. The Hall–Kier alpha value is -3.65. The first-order valence-electron chi connectivity index (χ1n) is 19.1. The highest BCUT2D eigenvalue weighted by Crippen LogP contribution is 2.56. The Morgan fingerprint density at radius 3 is 2.69 bits per heavy atom. The van der Waals surface area contributed by atoms with Crippen LogP contribution in [0.3, 0.4) is 0 Å². The molecule has 2 saturated carbocycles. The molecule has 6 heterocycles. The van der Waals surface area contributed by atoms with E-state index in [1.165, 1.54) is 45.6 Å². The maximum atomic E-state index is 17.2. The summed E-state index contributed by atoms with van der Waals surface area (Å²) in [5.74, 6) is 0.00493. The van der Waals surface area contributed by atoms with E-state index >= 15 is 4.39 Å². The molecule has 52 heavy (non-hydrogen) atoms. The highest BCUT2D eigenvalue weighted by molar-refractivity contribution is 6.01. The molecular weight excluding hydrogens is 665 g/mol. The van der Waals surface area contributed by atoms with Crippen LogP contribution in [-0.2, 0) is 9.47 Å². The number of halogens is 1. The lowest BCUT2D eigenvalue weighted by Gasteiger charge is -2.58. The Kier molecular flexibility index (Phi) is 8.56. The van der Waals surface area contributed by atoms with E-state index in [1.54, 1.807) is 13.1 Å². The smallest absolute Gasteiger partial charge is 0.319 e. The van der Waals surface area contributed by atoms with E-state index in [4.69, 9.17) is 33.9 Å². The second kappa shape index (κ2) is 13.0. The largest absolute Gasteiger partial charge is 0.480 e. The number of rotatable bonds is 7. The zero-order valence-corrected chi connectivity index (χ0v) is 30.5. The number of aryl methyl sites for hydroxylation is 1. The minimum atomic E-state index is -1.16. The molecule has 3 saturated heterocycles. The van der Waals surface area contributed by atoms with Crippen molar-refractivity contribution in [1.29, 1.82) is 0 Å². The number of β-amino-alcohol motifs (C(OH)–C–C–N with tert-alkyl or cyclic N) is 1. The van der Waals surface area contributed by atoms with Gasteiger partial charge in [-0.05, 0) is 88.8 Å². The molecule has 3 aliphatic heterocycles. The van der Waals surface area contributed by atoms with Crippen LogP contribution in [0.5, 0.6) is 11.9 Å². The molecule has 1 spiro atoms. The SMILES string of the molecule is COc1nc(-c2c(C)ccc3[nH]ncc23)c(F)c2nc(OC[C@]34CCC[C@H]3N(C3CC5(CCOCC5)C3)CCC4)nc(N3CCOC[C@@](C)(O)C3)c12. The van der Waals surface area contributed by atoms with Gasteiger partial charge in [0.25, 0.3) is 0 Å². The van der Waals surface area contributed by atoms with Crippen LogP contribution < -0.4 is 14.4 Å². The molecule has 13 heteroatoms. The Morgan fingerprint density at radius 1 is 1.04 bits per heavy atom. The fourth-order valence-electron chi connectivity index (χ4n) is 10.3. The number of aliphatic hydroxyl groups is 1. The van der Waals surface area contributed by atoms with Crippen LogP contribution in [0, 0.1) is 23.6 Å². The van der Waals surface area contributed by atoms with Crippen molar-refractivity contribution >= 4 is 27.6 Å². The van der Waals surface area contributed by atoms with Gasteiger partial charge in [0.15, 0.2) is 5.82 Å². The summed E-state index contributed by atoms with van der Waals surface area (Å²) in [6, 6.07) is 5.04. The Labute approximate surface area is 303 Å². The summed E-state index contributed by atoms with van der Waals surface area (Å²) in [7, 11) is 1.52. The van der Waals surface area contributed by atoms with Gasteiger partial charge in [-0.1, -0.05) is 12.5 Å². The van der Waals surface area contributed by atoms with Crippen molar-refractivity contribution in [2.24, 2.45) is 10.8 Å². The Balaban J connectivity index is 1.10. The quantitative estimate of drug-likeness (QED) is 0.249. The van der Waals surface area contributed by atoms with Crippen LogP contribution in [0.2, 0.25) is 0 Å². The molecule has 3 aromatic heterocycles. The number of hydrogen-bond acceptors (Lipinski definition) is 11. The number of methoxy groups -OCH3 is 1. The lowest BCUT2D eigenvalue weighted by Crippen LogP contribution is -2.61. The molecule has 9 rings (SSSR count). The zero-order chi connectivity index (χ0) is 35.7. The maximum Gasteiger partial charge on any atom is 0.319 e. The van der Waals surface area contributed by atoms with Gasteiger partial charge in [-0.3, -0.25) is 10.00 Å². The Morgan fingerprint density at radius 2 is 1.87 bits per heavy atom. The van der Waals surface area contributed by atoms with Gasteiger partial charge in [-0.15, -0.1) is 0 Å². The lowest BCUT2D eigenvalue weighted by molar-refractivity contribution is -0.112. The molecule has 2 aliphatic carbocycles. The first kappa shape index (κ1) is 34.1. The number of ether oxygens (including phenoxy) is 4. The summed E-state index contributed by atoms with van der Waals surface area (Å²) in [6.45, 7) is 8.24. The third-order valence-electron chi connectivity index (χ3n) is 12.9.